The molecule has 3 aromatic rings. The van der Waals surface area contributed by atoms with Gasteiger partial charge in [0, 0.05) is 30.6 Å². The van der Waals surface area contributed by atoms with Crippen LogP contribution >= 0.6 is 0 Å². The van der Waals surface area contributed by atoms with Gasteiger partial charge in [-0.05, 0) is 25.0 Å². The third kappa shape index (κ3) is 2.97. The van der Waals surface area contributed by atoms with Gasteiger partial charge in [-0.2, -0.15) is 4.98 Å². The predicted octanol–water partition coefficient (Wildman–Crippen LogP) is 3.05. The van der Waals surface area contributed by atoms with Crippen molar-refractivity contribution < 1.29 is 8.91 Å². The monoisotopic (exact) mass is 325 g/mol. The Morgan fingerprint density at radius 1 is 1.21 bits per heavy atom. The molecule has 4 rings (SSSR count). The van der Waals surface area contributed by atoms with Crippen molar-refractivity contribution in [3.05, 3.63) is 54.4 Å². The molecule has 2 aromatic heterocycles. The number of benzene rings is 1. The van der Waals surface area contributed by atoms with Crippen LogP contribution in [0.1, 0.15) is 24.5 Å². The van der Waals surface area contributed by atoms with E-state index in [1.54, 1.807) is 18.3 Å². The van der Waals surface area contributed by atoms with Gasteiger partial charge in [-0.25, -0.2) is 14.4 Å². The van der Waals surface area contributed by atoms with Gasteiger partial charge in [0.05, 0.1) is 6.20 Å². The second kappa shape index (κ2) is 6.35. The van der Waals surface area contributed by atoms with Crippen LogP contribution in [0.3, 0.4) is 0 Å². The van der Waals surface area contributed by atoms with Crippen LogP contribution in [0.15, 0.2) is 47.4 Å². The first-order valence-electron chi connectivity index (χ1n) is 7.90. The first kappa shape index (κ1) is 14.7. The van der Waals surface area contributed by atoms with E-state index in [0.717, 1.165) is 31.7 Å². The minimum atomic E-state index is -0.308. The molecule has 0 N–H and O–H groups in total. The fraction of sp³-hybridized carbons (Fsp3) is 0.294. The molecule has 1 atom stereocenters. The van der Waals surface area contributed by atoms with E-state index < -0.39 is 0 Å². The summed E-state index contributed by atoms with van der Waals surface area (Å²) in [5.74, 6) is 1.93. The predicted molar refractivity (Wildman–Crippen MR) is 85.9 cm³/mol. The maximum Gasteiger partial charge on any atom is 0.228 e. The maximum absolute atomic E-state index is 13.4. The molecule has 0 aliphatic carbocycles. The Hall–Kier alpha value is -2.83. The quantitative estimate of drug-likeness (QED) is 0.737. The van der Waals surface area contributed by atoms with Crippen molar-refractivity contribution in [1.29, 1.82) is 0 Å². The van der Waals surface area contributed by atoms with E-state index >= 15 is 0 Å². The number of nitrogens with zero attached hydrogens (tertiary/aromatic N) is 5. The van der Waals surface area contributed by atoms with Crippen molar-refractivity contribution in [2.75, 3.05) is 18.0 Å². The highest BCUT2D eigenvalue weighted by atomic mass is 19.1. The van der Waals surface area contributed by atoms with Crippen LogP contribution in [-0.4, -0.2) is 33.2 Å². The lowest BCUT2D eigenvalue weighted by atomic mass is 9.96. The fourth-order valence-corrected chi connectivity index (χ4v) is 3.03. The molecule has 0 amide bonds. The number of rotatable bonds is 3. The number of aromatic nitrogens is 4. The molecular weight excluding hydrogens is 309 g/mol. The average molecular weight is 325 g/mol. The molecular formula is C17H16FN5O. The molecule has 0 bridgehead atoms. The van der Waals surface area contributed by atoms with E-state index in [-0.39, 0.29) is 11.7 Å². The molecule has 1 fully saturated rings. The van der Waals surface area contributed by atoms with Crippen LogP contribution in [0.5, 0.6) is 0 Å². The summed E-state index contributed by atoms with van der Waals surface area (Å²) in [4.78, 5) is 15.1. The summed E-state index contributed by atoms with van der Waals surface area (Å²) in [6.07, 6.45) is 5.21. The molecule has 7 heteroatoms. The molecule has 122 valence electrons. The Morgan fingerprint density at radius 2 is 2.17 bits per heavy atom. The summed E-state index contributed by atoms with van der Waals surface area (Å²) in [6, 6.07) is 8.16. The average Bonchev–Trinajstić information content (AvgIpc) is 3.17. The molecule has 3 heterocycles. The molecule has 1 unspecified atom stereocenters. The van der Waals surface area contributed by atoms with Crippen LogP contribution in [0.4, 0.5) is 10.3 Å². The lowest BCUT2D eigenvalue weighted by Crippen LogP contribution is -2.35. The fourth-order valence-electron chi connectivity index (χ4n) is 3.03. The summed E-state index contributed by atoms with van der Waals surface area (Å²) in [5.41, 5.74) is 0.641. The smallest absolute Gasteiger partial charge is 0.228 e. The van der Waals surface area contributed by atoms with Gasteiger partial charge in [0.2, 0.25) is 5.95 Å². The van der Waals surface area contributed by atoms with Gasteiger partial charge in [-0.1, -0.05) is 17.3 Å². The topological polar surface area (TPSA) is 67.9 Å². The van der Waals surface area contributed by atoms with Crippen LogP contribution in [0.2, 0.25) is 0 Å². The summed E-state index contributed by atoms with van der Waals surface area (Å²) in [6.45, 7) is 1.64. The van der Waals surface area contributed by atoms with E-state index in [1.165, 1.54) is 18.5 Å². The lowest BCUT2D eigenvalue weighted by Gasteiger charge is -2.31. The van der Waals surface area contributed by atoms with Crippen molar-refractivity contribution in [3.63, 3.8) is 0 Å². The van der Waals surface area contributed by atoms with Crippen LogP contribution in [-0.2, 0) is 0 Å². The van der Waals surface area contributed by atoms with Crippen molar-refractivity contribution in [2.45, 2.75) is 18.8 Å². The van der Waals surface area contributed by atoms with E-state index in [1.807, 2.05) is 6.07 Å². The van der Waals surface area contributed by atoms with Gasteiger partial charge in [0.1, 0.15) is 17.9 Å². The molecule has 0 saturated carbocycles. The van der Waals surface area contributed by atoms with Gasteiger partial charge < -0.3 is 9.42 Å². The molecule has 1 aliphatic rings. The molecule has 0 radical (unpaired) electrons. The first-order chi connectivity index (χ1) is 11.8. The SMILES string of the molecule is Fc1cccc(-c2ncnc(N3CCCC(c4ccno4)C3)n2)c1. The summed E-state index contributed by atoms with van der Waals surface area (Å²) >= 11 is 0. The normalized spacial score (nSPS) is 17.9. The van der Waals surface area contributed by atoms with Gasteiger partial charge in [-0.3, -0.25) is 0 Å². The number of hydrogen-bond acceptors (Lipinski definition) is 6. The van der Waals surface area contributed by atoms with E-state index in [2.05, 4.69) is 25.0 Å². The summed E-state index contributed by atoms with van der Waals surface area (Å²) in [7, 11) is 0. The number of hydrogen-bond donors (Lipinski definition) is 0. The highest BCUT2D eigenvalue weighted by Crippen LogP contribution is 2.28. The van der Waals surface area contributed by atoms with E-state index in [0.29, 0.717) is 17.3 Å². The highest BCUT2D eigenvalue weighted by molar-refractivity contribution is 5.55. The number of halogens is 1. The largest absolute Gasteiger partial charge is 0.361 e. The first-order valence-corrected chi connectivity index (χ1v) is 7.90. The Kier molecular flexibility index (Phi) is 3.90. The Morgan fingerprint density at radius 3 is 3.00 bits per heavy atom. The Balaban J connectivity index is 1.59. The number of piperidine rings is 1. The van der Waals surface area contributed by atoms with Crippen LogP contribution < -0.4 is 4.90 Å². The second-order valence-corrected chi connectivity index (χ2v) is 5.82. The van der Waals surface area contributed by atoms with Crippen LogP contribution in [0.25, 0.3) is 11.4 Å². The third-order valence-corrected chi connectivity index (χ3v) is 4.21. The zero-order valence-electron chi connectivity index (χ0n) is 13.0. The lowest BCUT2D eigenvalue weighted by molar-refractivity contribution is 0.339. The summed E-state index contributed by atoms with van der Waals surface area (Å²) in [5, 5.41) is 3.79. The molecule has 24 heavy (non-hydrogen) atoms. The van der Waals surface area contributed by atoms with E-state index in [9.17, 15) is 4.39 Å². The minimum Gasteiger partial charge on any atom is -0.361 e. The van der Waals surface area contributed by atoms with Crippen molar-refractivity contribution in [1.82, 2.24) is 20.1 Å². The van der Waals surface area contributed by atoms with Crippen molar-refractivity contribution in [3.8, 4) is 11.4 Å². The molecule has 1 aromatic carbocycles. The molecule has 6 nitrogen and oxygen atoms in total. The molecule has 1 aliphatic heterocycles. The Labute approximate surface area is 138 Å². The van der Waals surface area contributed by atoms with Crippen molar-refractivity contribution in [2.24, 2.45) is 0 Å². The Bertz CT molecular complexity index is 823. The summed E-state index contributed by atoms with van der Waals surface area (Å²) < 4.78 is 18.7. The molecule has 0 spiro atoms. The minimum absolute atomic E-state index is 0.274. The maximum atomic E-state index is 13.4. The van der Waals surface area contributed by atoms with Gasteiger partial charge in [-0.15, -0.1) is 0 Å². The van der Waals surface area contributed by atoms with Gasteiger partial charge in [0.15, 0.2) is 5.82 Å². The highest BCUT2D eigenvalue weighted by Gasteiger charge is 2.25. The number of anilines is 1. The third-order valence-electron chi connectivity index (χ3n) is 4.21. The second-order valence-electron chi connectivity index (χ2n) is 5.82. The van der Waals surface area contributed by atoms with E-state index in [4.69, 9.17) is 4.52 Å². The zero-order chi connectivity index (χ0) is 16.4. The van der Waals surface area contributed by atoms with Crippen molar-refractivity contribution >= 4 is 5.95 Å². The van der Waals surface area contributed by atoms with Gasteiger partial charge >= 0.3 is 0 Å². The zero-order valence-corrected chi connectivity index (χ0v) is 13.0. The van der Waals surface area contributed by atoms with Gasteiger partial charge in [0.25, 0.3) is 0 Å². The molecule has 1 saturated heterocycles. The standard InChI is InChI=1S/C17H16FN5O/c18-14-5-1-3-12(9-14)16-19-11-20-17(22-16)23-8-2-4-13(10-23)15-6-7-21-24-15/h1,3,5-7,9,11,13H,2,4,8,10H2. The van der Waals surface area contributed by atoms with Crippen LogP contribution in [0, 0.1) is 5.82 Å².